The Labute approximate surface area is 168 Å². The van der Waals surface area contributed by atoms with Crippen molar-refractivity contribution in [2.75, 3.05) is 20.1 Å². The van der Waals surface area contributed by atoms with Crippen molar-refractivity contribution in [3.05, 3.63) is 69.8 Å². The molecule has 2 heterocycles. The van der Waals surface area contributed by atoms with Crippen molar-refractivity contribution in [1.82, 2.24) is 9.88 Å². The fourth-order valence-corrected chi connectivity index (χ4v) is 5.53. The van der Waals surface area contributed by atoms with Gasteiger partial charge in [-0.25, -0.2) is 0 Å². The molecule has 27 heavy (non-hydrogen) atoms. The Balaban J connectivity index is 1.66. The molecule has 2 atom stereocenters. The highest BCUT2D eigenvalue weighted by Crippen LogP contribution is 2.48. The Morgan fingerprint density at radius 1 is 1.19 bits per heavy atom. The molecule has 138 valence electrons. The number of hydrogen-bond donors (Lipinski definition) is 1. The molecule has 1 aliphatic heterocycles. The van der Waals surface area contributed by atoms with Crippen molar-refractivity contribution >= 4 is 26.8 Å². The Hall–Kier alpha value is -1.91. The second kappa shape index (κ2) is 6.32. The van der Waals surface area contributed by atoms with Crippen LogP contribution in [0, 0.1) is 5.92 Å². The number of piperidine rings is 1. The van der Waals surface area contributed by atoms with E-state index < -0.39 is 0 Å². The fourth-order valence-electron chi connectivity index (χ4n) is 5.15. The summed E-state index contributed by atoms with van der Waals surface area (Å²) in [5, 5.41) is 11.3. The minimum absolute atomic E-state index is 0.0638. The molecule has 1 fully saturated rings. The minimum Gasteiger partial charge on any atom is -0.508 e. The number of phenolic OH excluding ortho intramolecular Hbond substituents is 1. The Morgan fingerprint density at radius 3 is 2.93 bits per heavy atom. The van der Waals surface area contributed by atoms with E-state index in [1.165, 1.54) is 22.2 Å². The first-order valence-electron chi connectivity index (χ1n) is 9.60. The second-order valence-corrected chi connectivity index (χ2v) is 9.14. The van der Waals surface area contributed by atoms with Crippen molar-refractivity contribution in [2.45, 2.75) is 24.7 Å². The Kier molecular flexibility index (Phi) is 4.03. The average Bonchev–Trinajstić information content (AvgIpc) is 2.65. The summed E-state index contributed by atoms with van der Waals surface area (Å²) in [6.07, 6.45) is 3.11. The van der Waals surface area contributed by atoms with Gasteiger partial charge in [0.1, 0.15) is 5.75 Å². The number of benzene rings is 2. The van der Waals surface area contributed by atoms with Crippen LogP contribution in [-0.4, -0.2) is 35.1 Å². The third-order valence-electron chi connectivity index (χ3n) is 6.57. The summed E-state index contributed by atoms with van der Waals surface area (Å²) in [5.41, 5.74) is 5.01. The molecule has 0 bridgehead atoms. The monoisotopic (exact) mass is 422 g/mol. The van der Waals surface area contributed by atoms with E-state index in [0.717, 1.165) is 42.3 Å². The third-order valence-corrected chi connectivity index (χ3v) is 7.06. The van der Waals surface area contributed by atoms with E-state index in [9.17, 15) is 5.11 Å². The van der Waals surface area contributed by atoms with Crippen LogP contribution < -0.4 is 0 Å². The zero-order valence-corrected chi connectivity index (χ0v) is 17.0. The summed E-state index contributed by atoms with van der Waals surface area (Å²) in [4.78, 5) is 7.51. The first-order chi connectivity index (χ1) is 13.0. The van der Waals surface area contributed by atoms with Crippen LogP contribution in [0.15, 0.2) is 53.0 Å². The number of phenols is 1. The van der Waals surface area contributed by atoms with Crippen molar-refractivity contribution in [3.63, 3.8) is 0 Å². The fraction of sp³-hybridized carbons (Fsp3) is 0.348. The highest BCUT2D eigenvalue weighted by molar-refractivity contribution is 9.10. The van der Waals surface area contributed by atoms with Crippen molar-refractivity contribution in [1.29, 1.82) is 0 Å². The third kappa shape index (κ3) is 2.86. The highest BCUT2D eigenvalue weighted by atomic mass is 79.9. The molecule has 0 saturated carbocycles. The highest BCUT2D eigenvalue weighted by Gasteiger charge is 2.47. The summed E-state index contributed by atoms with van der Waals surface area (Å²) in [7, 11) is 2.22. The van der Waals surface area contributed by atoms with Crippen LogP contribution >= 0.6 is 15.9 Å². The predicted molar refractivity (Wildman–Crippen MR) is 112 cm³/mol. The second-order valence-electron chi connectivity index (χ2n) is 8.23. The van der Waals surface area contributed by atoms with E-state index in [0.29, 0.717) is 11.7 Å². The molecule has 3 aromatic rings. The summed E-state index contributed by atoms with van der Waals surface area (Å²) in [6, 6.07) is 16.6. The van der Waals surface area contributed by atoms with Crippen LogP contribution in [0.25, 0.3) is 10.9 Å². The normalized spacial score (nSPS) is 25.2. The number of halogens is 1. The number of likely N-dealkylation sites (tertiary alicyclic amines) is 1. The van der Waals surface area contributed by atoms with Gasteiger partial charge in [0.2, 0.25) is 0 Å². The molecule has 1 aliphatic carbocycles. The minimum atomic E-state index is 0.0638. The molecule has 2 aliphatic rings. The SMILES string of the molecule is CN1CC[C@@]2(c3cccc(O)c3)Cc3nc4ccc(Br)cc4cc3C[C@H]2C1. The molecule has 1 saturated heterocycles. The largest absolute Gasteiger partial charge is 0.508 e. The molecule has 3 nitrogen and oxygen atoms in total. The molecule has 4 heteroatoms. The number of fused-ring (bicyclic) bond motifs is 3. The van der Waals surface area contributed by atoms with Crippen molar-refractivity contribution in [2.24, 2.45) is 5.92 Å². The maximum atomic E-state index is 10.1. The lowest BCUT2D eigenvalue weighted by Gasteiger charge is -2.50. The van der Waals surface area contributed by atoms with Gasteiger partial charge < -0.3 is 10.0 Å². The van der Waals surface area contributed by atoms with E-state index in [1.54, 1.807) is 6.07 Å². The molecule has 1 aromatic heterocycles. The molecule has 0 amide bonds. The van der Waals surface area contributed by atoms with Gasteiger partial charge in [-0.2, -0.15) is 0 Å². The molecule has 2 aromatic carbocycles. The van der Waals surface area contributed by atoms with Crippen LogP contribution in [0.4, 0.5) is 0 Å². The van der Waals surface area contributed by atoms with E-state index in [4.69, 9.17) is 4.98 Å². The van der Waals surface area contributed by atoms with E-state index >= 15 is 0 Å². The molecule has 1 N–H and O–H groups in total. The summed E-state index contributed by atoms with van der Waals surface area (Å²) in [5.74, 6) is 0.902. The van der Waals surface area contributed by atoms with E-state index in [-0.39, 0.29) is 5.41 Å². The zero-order chi connectivity index (χ0) is 18.6. The maximum absolute atomic E-state index is 10.1. The van der Waals surface area contributed by atoms with Crippen LogP contribution in [-0.2, 0) is 18.3 Å². The molecular formula is C23H23BrN2O. The van der Waals surface area contributed by atoms with Gasteiger partial charge in [-0.3, -0.25) is 4.98 Å². The van der Waals surface area contributed by atoms with Gasteiger partial charge in [0.15, 0.2) is 0 Å². The molecular weight excluding hydrogens is 400 g/mol. The van der Waals surface area contributed by atoms with Gasteiger partial charge in [-0.15, -0.1) is 0 Å². The quantitative estimate of drug-likeness (QED) is 0.617. The number of aromatic nitrogens is 1. The lowest BCUT2D eigenvalue weighted by molar-refractivity contribution is 0.0987. The zero-order valence-electron chi connectivity index (χ0n) is 15.5. The maximum Gasteiger partial charge on any atom is 0.115 e. The van der Waals surface area contributed by atoms with Gasteiger partial charge in [0, 0.05) is 33.9 Å². The van der Waals surface area contributed by atoms with E-state index in [1.807, 2.05) is 12.1 Å². The smallest absolute Gasteiger partial charge is 0.115 e. The van der Waals surface area contributed by atoms with Crippen LogP contribution in [0.5, 0.6) is 5.75 Å². The number of rotatable bonds is 1. The lowest BCUT2D eigenvalue weighted by atomic mass is 9.58. The first kappa shape index (κ1) is 17.2. The lowest BCUT2D eigenvalue weighted by Crippen LogP contribution is -2.53. The van der Waals surface area contributed by atoms with Crippen LogP contribution in [0.3, 0.4) is 0 Å². The summed E-state index contributed by atoms with van der Waals surface area (Å²) >= 11 is 3.58. The predicted octanol–water partition coefficient (Wildman–Crippen LogP) is 4.69. The van der Waals surface area contributed by atoms with Crippen LogP contribution in [0.1, 0.15) is 23.2 Å². The van der Waals surface area contributed by atoms with Gasteiger partial charge in [-0.05, 0) is 79.9 Å². The number of nitrogens with zero attached hydrogens (tertiary/aromatic N) is 2. The molecule has 0 spiro atoms. The van der Waals surface area contributed by atoms with Gasteiger partial charge >= 0.3 is 0 Å². The number of hydrogen-bond acceptors (Lipinski definition) is 3. The molecule has 0 radical (unpaired) electrons. The topological polar surface area (TPSA) is 36.4 Å². The standard InChI is InChI=1S/C23H23BrN2O/c1-26-8-7-23(17-3-2-4-20(27)12-17)13-22-15(10-18(23)14-26)9-16-11-19(24)5-6-21(16)25-22/h2-6,9,11-12,18,27H,7-8,10,13-14H2,1H3/t18-,23-/m0/s1. The molecule has 0 unspecified atom stereocenters. The number of pyridine rings is 1. The number of aromatic hydroxyl groups is 1. The Bertz CT molecular complexity index is 1030. The summed E-state index contributed by atoms with van der Waals surface area (Å²) in [6.45, 7) is 2.17. The van der Waals surface area contributed by atoms with Crippen molar-refractivity contribution in [3.8, 4) is 5.75 Å². The van der Waals surface area contributed by atoms with Gasteiger partial charge in [0.05, 0.1) is 5.52 Å². The Morgan fingerprint density at radius 2 is 2.07 bits per heavy atom. The summed E-state index contributed by atoms with van der Waals surface area (Å²) < 4.78 is 1.10. The van der Waals surface area contributed by atoms with E-state index in [2.05, 4.69) is 58.2 Å². The van der Waals surface area contributed by atoms with Gasteiger partial charge in [-0.1, -0.05) is 28.1 Å². The average molecular weight is 423 g/mol. The van der Waals surface area contributed by atoms with Gasteiger partial charge in [0.25, 0.3) is 0 Å². The van der Waals surface area contributed by atoms with Crippen molar-refractivity contribution < 1.29 is 5.11 Å². The first-order valence-corrected chi connectivity index (χ1v) is 10.4. The molecule has 5 rings (SSSR count). The van der Waals surface area contributed by atoms with Crippen LogP contribution in [0.2, 0.25) is 0 Å².